The molecule has 1 atom stereocenters. The highest BCUT2D eigenvalue weighted by atomic mass is 32.2. The van der Waals surface area contributed by atoms with Gasteiger partial charge in [-0.15, -0.1) is 0 Å². The smallest absolute Gasteiger partial charge is 0.304 e. The first-order valence-corrected chi connectivity index (χ1v) is 10.0. The van der Waals surface area contributed by atoms with Crippen LogP contribution >= 0.6 is 23.1 Å². The SMILES string of the molecule is CCCNc1sc(S(=O)(=O)NC2CCSC2)cc1[N+](=O)[O-]. The average Bonchev–Trinajstić information content (AvgIpc) is 3.04. The molecule has 0 aromatic carbocycles. The van der Waals surface area contributed by atoms with Gasteiger partial charge in [-0.05, 0) is 18.6 Å². The fourth-order valence-electron chi connectivity index (χ4n) is 1.90. The lowest BCUT2D eigenvalue weighted by molar-refractivity contribution is -0.383. The highest BCUT2D eigenvalue weighted by Gasteiger charge is 2.29. The van der Waals surface area contributed by atoms with E-state index in [1.54, 1.807) is 11.8 Å². The van der Waals surface area contributed by atoms with Gasteiger partial charge in [0.2, 0.25) is 0 Å². The second kappa shape index (κ2) is 6.95. The van der Waals surface area contributed by atoms with E-state index in [4.69, 9.17) is 0 Å². The van der Waals surface area contributed by atoms with Crippen LogP contribution in [0, 0.1) is 10.1 Å². The molecule has 10 heteroatoms. The van der Waals surface area contributed by atoms with Gasteiger partial charge in [-0.1, -0.05) is 18.3 Å². The van der Waals surface area contributed by atoms with Crippen molar-refractivity contribution in [2.45, 2.75) is 30.0 Å². The molecule has 0 bridgehead atoms. The predicted molar refractivity (Wildman–Crippen MR) is 85.8 cm³/mol. The molecule has 0 radical (unpaired) electrons. The lowest BCUT2D eigenvalue weighted by atomic mass is 10.3. The van der Waals surface area contributed by atoms with Crippen molar-refractivity contribution in [2.75, 3.05) is 23.4 Å². The molecule has 1 aliphatic heterocycles. The highest BCUT2D eigenvalue weighted by Crippen LogP contribution is 2.37. The molecule has 21 heavy (non-hydrogen) atoms. The Kier molecular flexibility index (Phi) is 5.47. The molecule has 1 saturated heterocycles. The minimum atomic E-state index is -3.69. The molecule has 0 aliphatic carbocycles. The standard InChI is InChI=1S/C11H17N3O4S3/c1-2-4-12-11-9(14(15)16)6-10(20-11)21(17,18)13-8-3-5-19-7-8/h6,8,12-13H,2-5,7H2,1H3. The van der Waals surface area contributed by atoms with Gasteiger partial charge in [-0.25, -0.2) is 13.1 Å². The second-order valence-corrected chi connectivity index (χ2v) is 8.79. The normalized spacial score (nSPS) is 18.8. The summed E-state index contributed by atoms with van der Waals surface area (Å²) in [6.07, 6.45) is 1.59. The van der Waals surface area contributed by atoms with Crippen molar-refractivity contribution in [3.63, 3.8) is 0 Å². The van der Waals surface area contributed by atoms with Crippen LogP contribution in [0.3, 0.4) is 0 Å². The molecule has 0 amide bonds. The summed E-state index contributed by atoms with van der Waals surface area (Å²) in [4.78, 5) is 10.5. The maximum absolute atomic E-state index is 12.3. The number of nitrogens with zero attached hydrogens (tertiary/aromatic N) is 1. The third-order valence-corrected chi connectivity index (χ3v) is 7.18. The summed E-state index contributed by atoms with van der Waals surface area (Å²) in [6.45, 7) is 2.50. The van der Waals surface area contributed by atoms with Crippen LogP contribution in [0.4, 0.5) is 10.7 Å². The Morgan fingerprint density at radius 1 is 1.52 bits per heavy atom. The number of hydrogen-bond acceptors (Lipinski definition) is 7. The second-order valence-electron chi connectivity index (χ2n) is 4.65. The lowest BCUT2D eigenvalue weighted by Crippen LogP contribution is -2.34. The summed E-state index contributed by atoms with van der Waals surface area (Å²) in [5.41, 5.74) is -0.186. The largest absolute Gasteiger partial charge is 0.371 e. The third-order valence-electron chi connectivity index (χ3n) is 2.94. The Morgan fingerprint density at radius 3 is 2.86 bits per heavy atom. The Hall–Kier alpha value is -0.840. The minimum absolute atomic E-state index is 0.00953. The number of nitrogens with one attached hydrogen (secondary N) is 2. The summed E-state index contributed by atoms with van der Waals surface area (Å²) in [6, 6.07) is 1.04. The number of anilines is 1. The van der Waals surface area contributed by atoms with Gasteiger partial charge in [-0.2, -0.15) is 11.8 Å². The number of thiophene rings is 1. The highest BCUT2D eigenvalue weighted by molar-refractivity contribution is 7.99. The van der Waals surface area contributed by atoms with Gasteiger partial charge in [0.25, 0.3) is 10.0 Å². The van der Waals surface area contributed by atoms with Crippen molar-refractivity contribution in [2.24, 2.45) is 0 Å². The molecule has 1 aromatic rings. The third kappa shape index (κ3) is 4.09. The van der Waals surface area contributed by atoms with Crippen molar-refractivity contribution in [1.29, 1.82) is 0 Å². The Morgan fingerprint density at radius 2 is 2.29 bits per heavy atom. The maximum atomic E-state index is 12.3. The Bertz CT molecular complexity index is 608. The van der Waals surface area contributed by atoms with E-state index < -0.39 is 14.9 Å². The van der Waals surface area contributed by atoms with Crippen LogP contribution in [-0.4, -0.2) is 37.4 Å². The van der Waals surface area contributed by atoms with E-state index in [0.29, 0.717) is 11.5 Å². The first-order chi connectivity index (χ1) is 9.94. The monoisotopic (exact) mass is 351 g/mol. The van der Waals surface area contributed by atoms with E-state index in [1.165, 1.54) is 0 Å². The molecular weight excluding hydrogens is 334 g/mol. The average molecular weight is 351 g/mol. The number of rotatable bonds is 7. The van der Waals surface area contributed by atoms with Crippen LogP contribution in [0.1, 0.15) is 19.8 Å². The first kappa shape index (κ1) is 16.5. The van der Waals surface area contributed by atoms with E-state index in [1.807, 2.05) is 6.92 Å². The zero-order chi connectivity index (χ0) is 15.5. The number of thioether (sulfide) groups is 1. The van der Waals surface area contributed by atoms with Crippen LogP contribution in [0.5, 0.6) is 0 Å². The molecule has 2 rings (SSSR count). The van der Waals surface area contributed by atoms with E-state index in [-0.39, 0.29) is 15.9 Å². The van der Waals surface area contributed by atoms with E-state index in [0.717, 1.165) is 41.8 Å². The quantitative estimate of drug-likeness (QED) is 0.577. The summed E-state index contributed by atoms with van der Waals surface area (Å²) in [7, 11) is -3.69. The topological polar surface area (TPSA) is 101 Å². The van der Waals surface area contributed by atoms with Crippen molar-refractivity contribution in [3.05, 3.63) is 16.2 Å². The molecule has 1 aromatic heterocycles. The summed E-state index contributed by atoms with van der Waals surface area (Å²) in [5.74, 6) is 1.68. The fourth-order valence-corrected chi connectivity index (χ4v) is 5.80. The van der Waals surface area contributed by atoms with Gasteiger partial charge >= 0.3 is 5.69 Å². The zero-order valence-electron chi connectivity index (χ0n) is 11.5. The Labute approximate surface area is 131 Å². The van der Waals surface area contributed by atoms with Gasteiger partial charge in [0, 0.05) is 24.4 Å². The van der Waals surface area contributed by atoms with Gasteiger partial charge in [0.15, 0.2) is 5.00 Å². The van der Waals surface area contributed by atoms with E-state index >= 15 is 0 Å². The molecular formula is C11H17N3O4S3. The molecule has 2 heterocycles. The van der Waals surface area contributed by atoms with Crippen LogP contribution in [0.15, 0.2) is 10.3 Å². The van der Waals surface area contributed by atoms with Gasteiger partial charge in [0.05, 0.1) is 4.92 Å². The van der Waals surface area contributed by atoms with Gasteiger partial charge < -0.3 is 5.32 Å². The molecule has 0 spiro atoms. The van der Waals surface area contributed by atoms with Crippen LogP contribution in [0.25, 0.3) is 0 Å². The molecule has 7 nitrogen and oxygen atoms in total. The molecule has 0 saturated carbocycles. The number of hydrogen-bond donors (Lipinski definition) is 2. The van der Waals surface area contributed by atoms with Crippen molar-refractivity contribution in [1.82, 2.24) is 4.72 Å². The Balaban J connectivity index is 2.23. The molecule has 1 fully saturated rings. The van der Waals surface area contributed by atoms with Gasteiger partial charge in [0.1, 0.15) is 4.21 Å². The zero-order valence-corrected chi connectivity index (χ0v) is 13.9. The van der Waals surface area contributed by atoms with Crippen LogP contribution < -0.4 is 10.0 Å². The minimum Gasteiger partial charge on any atom is -0.371 e. The van der Waals surface area contributed by atoms with Crippen molar-refractivity contribution in [3.8, 4) is 0 Å². The first-order valence-electron chi connectivity index (χ1n) is 6.56. The molecule has 1 unspecified atom stereocenters. The van der Waals surface area contributed by atoms with Crippen molar-refractivity contribution >= 4 is 43.8 Å². The van der Waals surface area contributed by atoms with Crippen LogP contribution in [-0.2, 0) is 10.0 Å². The number of sulfonamides is 1. The lowest BCUT2D eigenvalue weighted by Gasteiger charge is -2.09. The van der Waals surface area contributed by atoms with E-state index in [9.17, 15) is 18.5 Å². The molecule has 2 N–H and O–H groups in total. The van der Waals surface area contributed by atoms with Crippen LogP contribution in [0.2, 0.25) is 0 Å². The number of nitro groups is 1. The summed E-state index contributed by atoms with van der Waals surface area (Å²) < 4.78 is 27.2. The molecule has 118 valence electrons. The maximum Gasteiger partial charge on any atom is 0.304 e. The van der Waals surface area contributed by atoms with Gasteiger partial charge in [-0.3, -0.25) is 10.1 Å². The van der Waals surface area contributed by atoms with Crippen molar-refractivity contribution < 1.29 is 13.3 Å². The predicted octanol–water partition coefficient (Wildman–Crippen LogP) is 2.26. The summed E-state index contributed by atoms with van der Waals surface area (Å²) in [5, 5.41) is 14.2. The van der Waals surface area contributed by atoms with E-state index in [2.05, 4.69) is 10.0 Å². The molecule has 1 aliphatic rings. The summed E-state index contributed by atoms with van der Waals surface area (Å²) >= 11 is 2.61. The fraction of sp³-hybridized carbons (Fsp3) is 0.636.